The van der Waals surface area contributed by atoms with Crippen LogP contribution in [-0.2, 0) is 4.79 Å². The molecule has 0 unspecified atom stereocenters. The molecule has 3 heteroatoms. The number of hydrogen-bond acceptors (Lipinski definition) is 2. The van der Waals surface area contributed by atoms with Gasteiger partial charge < -0.3 is 9.80 Å². The van der Waals surface area contributed by atoms with Crippen LogP contribution >= 0.6 is 0 Å². The van der Waals surface area contributed by atoms with E-state index in [1.54, 1.807) is 6.08 Å². The molecule has 0 atom stereocenters. The molecule has 1 saturated heterocycles. The minimum Gasteiger partial charge on any atom is -0.368 e. The fraction of sp³-hybridized carbons (Fsp3) is 0.318. The summed E-state index contributed by atoms with van der Waals surface area (Å²) >= 11 is 0. The van der Waals surface area contributed by atoms with E-state index in [1.807, 2.05) is 23.1 Å². The third kappa shape index (κ3) is 4.11. The predicted molar refractivity (Wildman–Crippen MR) is 105 cm³/mol. The van der Waals surface area contributed by atoms with Gasteiger partial charge in [0.15, 0.2) is 0 Å². The maximum absolute atomic E-state index is 12.4. The van der Waals surface area contributed by atoms with Crippen LogP contribution in [0, 0.1) is 20.8 Å². The summed E-state index contributed by atoms with van der Waals surface area (Å²) in [4.78, 5) is 16.7. The quantitative estimate of drug-likeness (QED) is 0.793. The molecule has 0 aliphatic carbocycles. The van der Waals surface area contributed by atoms with Crippen LogP contribution in [0.15, 0.2) is 48.5 Å². The van der Waals surface area contributed by atoms with Gasteiger partial charge in [0.25, 0.3) is 0 Å². The first-order valence-electron chi connectivity index (χ1n) is 8.89. The van der Waals surface area contributed by atoms with Crippen molar-refractivity contribution in [3.05, 3.63) is 70.8 Å². The van der Waals surface area contributed by atoms with E-state index in [-0.39, 0.29) is 5.91 Å². The Morgan fingerprint density at radius 3 is 2.28 bits per heavy atom. The van der Waals surface area contributed by atoms with Crippen molar-refractivity contribution in [3.63, 3.8) is 0 Å². The highest BCUT2D eigenvalue weighted by atomic mass is 16.2. The molecule has 1 heterocycles. The van der Waals surface area contributed by atoms with Crippen molar-refractivity contribution in [3.8, 4) is 0 Å². The largest absolute Gasteiger partial charge is 0.368 e. The third-order valence-electron chi connectivity index (χ3n) is 5.00. The van der Waals surface area contributed by atoms with Gasteiger partial charge in [-0.25, -0.2) is 0 Å². The lowest BCUT2D eigenvalue weighted by Gasteiger charge is -2.36. The van der Waals surface area contributed by atoms with Crippen LogP contribution in [0.4, 0.5) is 5.69 Å². The number of carbonyl (C=O) groups excluding carboxylic acids is 1. The second-order valence-corrected chi connectivity index (χ2v) is 6.78. The number of carbonyl (C=O) groups is 1. The minimum atomic E-state index is 0.0983. The Labute approximate surface area is 150 Å². The van der Waals surface area contributed by atoms with Crippen LogP contribution in [0.5, 0.6) is 0 Å². The summed E-state index contributed by atoms with van der Waals surface area (Å²) < 4.78 is 0. The molecule has 0 aromatic heterocycles. The average molecular weight is 334 g/mol. The number of rotatable bonds is 3. The lowest BCUT2D eigenvalue weighted by molar-refractivity contribution is -0.126. The molecule has 130 valence electrons. The lowest BCUT2D eigenvalue weighted by Crippen LogP contribution is -2.48. The molecule has 0 N–H and O–H groups in total. The molecule has 1 aliphatic heterocycles. The molecule has 2 aromatic rings. The maximum Gasteiger partial charge on any atom is 0.246 e. The van der Waals surface area contributed by atoms with Crippen LogP contribution < -0.4 is 4.90 Å². The van der Waals surface area contributed by atoms with Gasteiger partial charge in [-0.15, -0.1) is 0 Å². The zero-order valence-electron chi connectivity index (χ0n) is 15.3. The number of aryl methyl sites for hydroxylation is 2. The lowest BCUT2D eigenvalue weighted by atomic mass is 10.1. The monoisotopic (exact) mass is 334 g/mol. The van der Waals surface area contributed by atoms with Crippen molar-refractivity contribution in [1.29, 1.82) is 0 Å². The Morgan fingerprint density at radius 1 is 0.920 bits per heavy atom. The minimum absolute atomic E-state index is 0.0983. The Balaban J connectivity index is 1.59. The normalized spacial score (nSPS) is 15.0. The summed E-state index contributed by atoms with van der Waals surface area (Å²) in [7, 11) is 0. The van der Waals surface area contributed by atoms with Crippen LogP contribution in [-0.4, -0.2) is 37.0 Å². The zero-order valence-corrected chi connectivity index (χ0v) is 15.3. The second-order valence-electron chi connectivity index (χ2n) is 6.78. The molecule has 1 fully saturated rings. The van der Waals surface area contributed by atoms with Crippen molar-refractivity contribution >= 4 is 17.7 Å². The number of benzene rings is 2. The average Bonchev–Trinajstić information content (AvgIpc) is 2.63. The van der Waals surface area contributed by atoms with Crippen LogP contribution in [0.25, 0.3) is 6.08 Å². The highest BCUT2D eigenvalue weighted by molar-refractivity contribution is 5.92. The van der Waals surface area contributed by atoms with Gasteiger partial charge in [0.1, 0.15) is 0 Å². The number of anilines is 1. The highest BCUT2D eigenvalue weighted by Gasteiger charge is 2.20. The van der Waals surface area contributed by atoms with E-state index in [4.69, 9.17) is 0 Å². The molecule has 1 aliphatic rings. The van der Waals surface area contributed by atoms with Gasteiger partial charge in [-0.05, 0) is 49.6 Å². The molecule has 3 nitrogen and oxygen atoms in total. The Morgan fingerprint density at radius 2 is 1.60 bits per heavy atom. The topological polar surface area (TPSA) is 23.6 Å². The van der Waals surface area contributed by atoms with E-state index >= 15 is 0 Å². The van der Waals surface area contributed by atoms with Crippen molar-refractivity contribution in [2.24, 2.45) is 0 Å². The molecule has 0 saturated carbocycles. The Hall–Kier alpha value is -2.55. The van der Waals surface area contributed by atoms with Gasteiger partial charge in [0.2, 0.25) is 5.91 Å². The van der Waals surface area contributed by atoms with Crippen molar-refractivity contribution in [2.45, 2.75) is 20.8 Å². The standard InChI is InChI=1S/C22H26N2O/c1-17-7-9-20(10-8-17)11-12-22(25)24-15-13-23(14-16-24)21-6-4-5-18(2)19(21)3/h4-12H,13-16H2,1-3H3/b12-11-. The molecule has 3 rings (SSSR count). The summed E-state index contributed by atoms with van der Waals surface area (Å²) in [5, 5.41) is 0. The van der Waals surface area contributed by atoms with Crippen molar-refractivity contribution < 1.29 is 4.79 Å². The summed E-state index contributed by atoms with van der Waals surface area (Å²) in [6, 6.07) is 14.6. The summed E-state index contributed by atoms with van der Waals surface area (Å²) in [6.07, 6.45) is 3.59. The summed E-state index contributed by atoms with van der Waals surface area (Å²) in [5.74, 6) is 0.0983. The first-order valence-corrected chi connectivity index (χ1v) is 8.89. The fourth-order valence-electron chi connectivity index (χ4n) is 3.20. The summed E-state index contributed by atoms with van der Waals surface area (Å²) in [5.41, 5.74) is 6.24. The highest BCUT2D eigenvalue weighted by Crippen LogP contribution is 2.23. The number of nitrogens with zero attached hydrogens (tertiary/aromatic N) is 2. The number of amides is 1. The first kappa shape index (κ1) is 17.3. The van der Waals surface area contributed by atoms with E-state index in [9.17, 15) is 4.79 Å². The molecule has 0 spiro atoms. The molecule has 25 heavy (non-hydrogen) atoms. The van der Waals surface area contributed by atoms with Gasteiger partial charge in [0, 0.05) is 37.9 Å². The fourth-order valence-corrected chi connectivity index (χ4v) is 3.20. The van der Waals surface area contributed by atoms with E-state index < -0.39 is 0 Å². The SMILES string of the molecule is Cc1ccc(/C=C\C(=O)N2CCN(c3cccc(C)c3C)CC2)cc1. The van der Waals surface area contributed by atoms with E-state index in [0.717, 1.165) is 31.7 Å². The van der Waals surface area contributed by atoms with Gasteiger partial charge in [-0.1, -0.05) is 42.0 Å². The molecule has 0 bridgehead atoms. The molecule has 1 amide bonds. The molecular formula is C22H26N2O. The van der Waals surface area contributed by atoms with Crippen molar-refractivity contribution in [1.82, 2.24) is 4.90 Å². The second kappa shape index (κ2) is 7.56. The Kier molecular flexibility index (Phi) is 5.22. The molecular weight excluding hydrogens is 308 g/mol. The number of piperazine rings is 1. The first-order chi connectivity index (χ1) is 12.0. The van der Waals surface area contributed by atoms with E-state index in [2.05, 4.69) is 56.0 Å². The van der Waals surface area contributed by atoms with Gasteiger partial charge in [-0.3, -0.25) is 4.79 Å². The van der Waals surface area contributed by atoms with E-state index in [1.165, 1.54) is 22.4 Å². The maximum atomic E-state index is 12.4. The van der Waals surface area contributed by atoms with Gasteiger partial charge >= 0.3 is 0 Å². The van der Waals surface area contributed by atoms with Crippen LogP contribution in [0.3, 0.4) is 0 Å². The third-order valence-corrected chi connectivity index (χ3v) is 5.00. The summed E-state index contributed by atoms with van der Waals surface area (Å²) in [6.45, 7) is 9.69. The van der Waals surface area contributed by atoms with Gasteiger partial charge in [-0.2, -0.15) is 0 Å². The van der Waals surface area contributed by atoms with Crippen LogP contribution in [0.2, 0.25) is 0 Å². The van der Waals surface area contributed by atoms with E-state index in [0.29, 0.717) is 0 Å². The van der Waals surface area contributed by atoms with Crippen LogP contribution in [0.1, 0.15) is 22.3 Å². The zero-order chi connectivity index (χ0) is 17.8. The number of hydrogen-bond donors (Lipinski definition) is 0. The molecule has 2 aromatic carbocycles. The molecule has 0 radical (unpaired) electrons. The van der Waals surface area contributed by atoms with Crippen molar-refractivity contribution in [2.75, 3.05) is 31.1 Å². The van der Waals surface area contributed by atoms with Gasteiger partial charge in [0.05, 0.1) is 0 Å². The smallest absolute Gasteiger partial charge is 0.246 e. The predicted octanol–water partition coefficient (Wildman–Crippen LogP) is 3.97. The Bertz CT molecular complexity index is 769.